The van der Waals surface area contributed by atoms with Gasteiger partial charge in [-0.25, -0.2) is 0 Å². The second-order valence-corrected chi connectivity index (χ2v) is 9.90. The number of azide groups is 1. The summed E-state index contributed by atoms with van der Waals surface area (Å²) in [4.78, 5) is 57.3. The first kappa shape index (κ1) is 41.4. The third-order valence-electron chi connectivity index (χ3n) is 6.03. The van der Waals surface area contributed by atoms with Gasteiger partial charge in [0.25, 0.3) is 0 Å². The van der Waals surface area contributed by atoms with Gasteiger partial charge < -0.3 is 37.5 Å². The fourth-order valence-corrected chi connectivity index (χ4v) is 3.11. The summed E-state index contributed by atoms with van der Waals surface area (Å²) in [6.45, 7) is 7.03. The van der Waals surface area contributed by atoms with E-state index in [1.54, 1.807) is 18.9 Å². The molecule has 40 heavy (non-hydrogen) atoms. The molecule has 0 saturated heterocycles. The molecule has 1 saturated carbocycles. The average molecular weight is 594 g/mol. The summed E-state index contributed by atoms with van der Waals surface area (Å²) < 4.78 is 4.65. The lowest BCUT2D eigenvalue weighted by Crippen LogP contribution is -2.47. The Bertz CT molecular complexity index is 803. The number of carboxylic acids is 2. The minimum Gasteiger partial charge on any atom is -0.481 e. The van der Waals surface area contributed by atoms with Crippen molar-refractivity contribution in [1.82, 2.24) is 5.32 Å². The number of hydrogen-bond acceptors (Lipinski definition) is 9. The van der Waals surface area contributed by atoms with Crippen LogP contribution in [-0.2, 0) is 28.7 Å². The maximum absolute atomic E-state index is 11.9. The Morgan fingerprint density at radius 3 is 1.77 bits per heavy atom. The van der Waals surface area contributed by atoms with Crippen LogP contribution in [0.5, 0.6) is 0 Å². The fraction of sp³-hybridized carbons (Fsp3) is 0.792. The molecule has 0 aliphatic heterocycles. The number of rotatable bonds is 14. The molecule has 0 spiro atoms. The molecule has 3 amide bonds. The highest BCUT2D eigenvalue weighted by Crippen LogP contribution is 2.24. The highest BCUT2D eigenvalue weighted by molar-refractivity contribution is 7.98. The molecule has 1 aliphatic carbocycles. The minimum atomic E-state index is -1.17. The van der Waals surface area contributed by atoms with Crippen molar-refractivity contribution in [2.45, 2.75) is 59.4 Å². The Balaban J connectivity index is -0.000000523. The van der Waals surface area contributed by atoms with Gasteiger partial charge in [-0.05, 0) is 44.0 Å². The molecule has 1 fully saturated rings. The van der Waals surface area contributed by atoms with Gasteiger partial charge in [0.2, 0.25) is 17.7 Å². The third kappa shape index (κ3) is 19.9. The van der Waals surface area contributed by atoms with Crippen molar-refractivity contribution in [1.29, 1.82) is 0 Å². The van der Waals surface area contributed by atoms with E-state index in [4.69, 9.17) is 32.9 Å². The van der Waals surface area contributed by atoms with E-state index in [2.05, 4.69) is 20.1 Å². The zero-order valence-corrected chi connectivity index (χ0v) is 25.1. The molecular weight excluding hydrogens is 546 g/mol. The van der Waals surface area contributed by atoms with E-state index >= 15 is 0 Å². The molecular formula is C24H47N7O8S. The number of ether oxygens (including phenoxy) is 1. The summed E-state index contributed by atoms with van der Waals surface area (Å²) in [6.07, 6.45) is 5.73. The molecule has 0 aromatic rings. The summed E-state index contributed by atoms with van der Waals surface area (Å²) in [5, 5.41) is 23.6. The number of nitrogens with two attached hydrogens (primary N) is 3. The zero-order valence-electron chi connectivity index (χ0n) is 24.2. The van der Waals surface area contributed by atoms with Gasteiger partial charge in [-0.15, -0.1) is 11.8 Å². The van der Waals surface area contributed by atoms with Crippen molar-refractivity contribution in [3.05, 3.63) is 10.4 Å². The quantitative estimate of drug-likeness (QED) is 0.0555. The topological polar surface area (TPSA) is 274 Å². The molecule has 1 rings (SSSR count). The lowest BCUT2D eigenvalue weighted by atomic mass is 9.82. The van der Waals surface area contributed by atoms with Crippen LogP contribution in [0.15, 0.2) is 5.11 Å². The summed E-state index contributed by atoms with van der Waals surface area (Å²) in [6, 6.07) is 0.151. The molecule has 9 N–H and O–H groups in total. The number of nitrogens with one attached hydrogen (secondary N) is 1. The Hall–Kier alpha value is -3.07. The Labute approximate surface area is 239 Å². The van der Waals surface area contributed by atoms with Crippen molar-refractivity contribution < 1.29 is 38.9 Å². The Morgan fingerprint density at radius 1 is 1.00 bits per heavy atom. The SMILES string of the molecule is CC(C(N)=O)C(C(=O)O)C(C)C(=O)NC1CCC1.CC(C(N)=O)C(C)C(=O)O.COCSC.[N-]=[N+]=NCCCN. The minimum absolute atomic E-state index is 0.151. The monoisotopic (exact) mass is 593 g/mol. The van der Waals surface area contributed by atoms with Crippen LogP contribution in [0.25, 0.3) is 10.4 Å². The number of carbonyl (C=O) groups excluding carboxylic acids is 3. The van der Waals surface area contributed by atoms with Crippen LogP contribution in [0.4, 0.5) is 0 Å². The first-order valence-corrected chi connectivity index (χ1v) is 14.1. The third-order valence-corrected chi connectivity index (χ3v) is 6.50. The van der Waals surface area contributed by atoms with Crippen LogP contribution in [0.3, 0.4) is 0 Å². The molecule has 0 aromatic heterocycles. The Morgan fingerprint density at radius 2 is 1.52 bits per heavy atom. The fourth-order valence-electron chi connectivity index (χ4n) is 2.87. The molecule has 232 valence electrons. The van der Waals surface area contributed by atoms with E-state index in [1.165, 1.54) is 27.7 Å². The molecule has 0 heterocycles. The van der Waals surface area contributed by atoms with E-state index < -0.39 is 53.3 Å². The van der Waals surface area contributed by atoms with Gasteiger partial charge in [0.1, 0.15) is 0 Å². The van der Waals surface area contributed by atoms with Crippen LogP contribution in [0.2, 0.25) is 0 Å². The van der Waals surface area contributed by atoms with Crippen LogP contribution in [0, 0.1) is 29.6 Å². The van der Waals surface area contributed by atoms with Gasteiger partial charge >= 0.3 is 11.9 Å². The van der Waals surface area contributed by atoms with Gasteiger partial charge in [-0.2, -0.15) is 0 Å². The van der Waals surface area contributed by atoms with Crippen molar-refractivity contribution in [3.63, 3.8) is 0 Å². The normalized spacial score (nSPS) is 15.5. The van der Waals surface area contributed by atoms with Gasteiger partial charge in [-0.3, -0.25) is 24.0 Å². The zero-order chi connectivity index (χ0) is 31.8. The number of primary amides is 2. The first-order chi connectivity index (χ1) is 18.6. The largest absolute Gasteiger partial charge is 0.481 e. The molecule has 1 aliphatic rings. The predicted octanol–water partition coefficient (Wildman–Crippen LogP) is 1.54. The molecule has 5 atom stereocenters. The summed E-state index contributed by atoms with van der Waals surface area (Å²) in [5.74, 6) is -6.97. The number of thioether (sulfide) groups is 1. The lowest BCUT2D eigenvalue weighted by Gasteiger charge is -2.30. The molecule has 16 heteroatoms. The number of hydrogen-bond donors (Lipinski definition) is 6. The highest BCUT2D eigenvalue weighted by Gasteiger charge is 2.38. The van der Waals surface area contributed by atoms with Crippen molar-refractivity contribution in [2.75, 3.05) is 32.4 Å². The number of carboxylic acid groups (broad SMARTS) is 2. The lowest BCUT2D eigenvalue weighted by molar-refractivity contribution is -0.151. The van der Waals surface area contributed by atoms with Gasteiger partial charge in [0.05, 0.1) is 17.8 Å². The number of aliphatic carboxylic acids is 2. The smallest absolute Gasteiger partial charge is 0.308 e. The number of nitrogens with zero attached hydrogens (tertiary/aromatic N) is 3. The van der Waals surface area contributed by atoms with E-state index in [-0.39, 0.29) is 11.9 Å². The number of carbonyl (C=O) groups is 5. The summed E-state index contributed by atoms with van der Waals surface area (Å²) >= 11 is 1.68. The van der Waals surface area contributed by atoms with Crippen molar-refractivity contribution in [3.8, 4) is 0 Å². The molecule has 0 radical (unpaired) electrons. The van der Waals surface area contributed by atoms with Crippen LogP contribution in [-0.4, -0.2) is 78.3 Å². The number of amides is 3. The standard InChI is InChI=1S/C12H20N2O4.C6H11NO3.C3H8N4.C3H8OS/c1-6(10(13)15)9(12(17)18)7(2)11(16)14-8-4-3-5-8;1-3(5(7)8)4(2)6(9)10;4-2-1-3-6-7-5;1-4-3-5-2/h6-9H,3-5H2,1-2H3,(H2,13,15)(H,14,16)(H,17,18);3-4H,1-2H3,(H2,7,8)(H,9,10);1-4H2;3H2,1-2H3. The van der Waals surface area contributed by atoms with Crippen molar-refractivity contribution in [2.24, 2.45) is 51.9 Å². The van der Waals surface area contributed by atoms with E-state index in [0.29, 0.717) is 13.1 Å². The molecule has 5 unspecified atom stereocenters. The maximum Gasteiger partial charge on any atom is 0.308 e. The molecule has 0 bridgehead atoms. The second kappa shape index (κ2) is 24.9. The molecule has 0 aromatic carbocycles. The van der Waals surface area contributed by atoms with Crippen LogP contribution in [0.1, 0.15) is 53.4 Å². The average Bonchev–Trinajstić information content (AvgIpc) is 2.86. The summed E-state index contributed by atoms with van der Waals surface area (Å²) in [5.41, 5.74) is 22.8. The highest BCUT2D eigenvalue weighted by atomic mass is 32.2. The maximum atomic E-state index is 11.9. The van der Waals surface area contributed by atoms with E-state index in [9.17, 15) is 24.0 Å². The van der Waals surface area contributed by atoms with Gasteiger partial charge in [-0.1, -0.05) is 32.8 Å². The predicted molar refractivity (Wildman–Crippen MR) is 153 cm³/mol. The van der Waals surface area contributed by atoms with Crippen molar-refractivity contribution >= 4 is 41.4 Å². The van der Waals surface area contributed by atoms with Gasteiger partial charge in [0.15, 0.2) is 0 Å². The second-order valence-electron chi connectivity index (χ2n) is 9.09. The van der Waals surface area contributed by atoms with Crippen LogP contribution >= 0.6 is 11.8 Å². The van der Waals surface area contributed by atoms with E-state index in [0.717, 1.165) is 31.6 Å². The van der Waals surface area contributed by atoms with Crippen LogP contribution < -0.4 is 22.5 Å². The van der Waals surface area contributed by atoms with Gasteiger partial charge in [0, 0.05) is 42.4 Å². The summed E-state index contributed by atoms with van der Waals surface area (Å²) in [7, 11) is 1.69. The molecule has 15 nitrogen and oxygen atoms in total. The van der Waals surface area contributed by atoms with E-state index in [1.807, 2.05) is 6.26 Å². The number of methoxy groups -OCH3 is 1. The Kier molecular flexibility index (Phi) is 25.8. The first-order valence-electron chi connectivity index (χ1n) is 12.7.